The normalized spacial score (nSPS) is 14.2. The Morgan fingerprint density at radius 3 is 2.19 bits per heavy atom. The molecule has 24 heteroatoms. The molecule has 1 aliphatic heterocycles. The van der Waals surface area contributed by atoms with Crippen molar-refractivity contribution in [2.75, 3.05) is 15.6 Å². The maximum Gasteiger partial charge on any atom is 0.296 e. The van der Waals surface area contributed by atoms with Crippen molar-refractivity contribution < 1.29 is 35.5 Å². The Bertz CT molecular complexity index is 2700. The van der Waals surface area contributed by atoms with Crippen molar-refractivity contribution in [1.29, 1.82) is 0 Å². The standard InChI is InChI=1S/C33H22Cl4N8O8S2.2Na/c1-16-28(32(47)45(44-16)25-15-22(54(48,49)50)10-11-23(25)34)43-42-21-4-2-3-19(13-21)31(46)39-24-12-7-18(14-26(24)55(51,52)53)17-5-8-20(9-6-17)38-30-27(35)29(36)40-33(37)41-30;;/h2-15,28H,1H3,(H,39,46)(H,38,40,41)(H,48,49,50)(H,51,52,53);;. The minimum Gasteiger partial charge on any atom is -0.339 e. The number of carbonyl (C=O) groups excluding carboxylic acids is 2. The molecule has 1 atom stereocenters. The van der Waals surface area contributed by atoms with Gasteiger partial charge in [-0.25, -0.2) is 4.98 Å². The summed E-state index contributed by atoms with van der Waals surface area (Å²) < 4.78 is 67.6. The average molecular weight is 911 g/mol. The summed E-state index contributed by atoms with van der Waals surface area (Å²) in [6.45, 7) is 1.49. The van der Waals surface area contributed by atoms with Crippen LogP contribution in [0.25, 0.3) is 11.1 Å². The minimum absolute atomic E-state index is 0. The van der Waals surface area contributed by atoms with Crippen molar-refractivity contribution in [1.82, 2.24) is 9.97 Å². The number of anilines is 4. The van der Waals surface area contributed by atoms with Crippen molar-refractivity contribution in [3.05, 3.63) is 111 Å². The van der Waals surface area contributed by atoms with Gasteiger partial charge in [0.2, 0.25) is 5.28 Å². The van der Waals surface area contributed by atoms with E-state index in [2.05, 4.69) is 35.9 Å². The summed E-state index contributed by atoms with van der Waals surface area (Å²) in [6.07, 6.45) is 0. The van der Waals surface area contributed by atoms with Gasteiger partial charge in [-0.2, -0.15) is 42.2 Å². The molecular weight excluding hydrogens is 888 g/mol. The first-order valence-electron chi connectivity index (χ1n) is 15.2. The van der Waals surface area contributed by atoms with E-state index in [0.717, 1.165) is 17.1 Å². The molecule has 6 rings (SSSR count). The van der Waals surface area contributed by atoms with Gasteiger partial charge >= 0.3 is 0 Å². The number of nitrogens with one attached hydrogen (secondary N) is 2. The Hall–Kier alpha value is -3.05. The van der Waals surface area contributed by atoms with E-state index in [1.54, 1.807) is 24.3 Å². The van der Waals surface area contributed by atoms with Crippen molar-refractivity contribution in [2.45, 2.75) is 22.8 Å². The summed E-state index contributed by atoms with van der Waals surface area (Å²) in [6, 6.07) is 18.3. The van der Waals surface area contributed by atoms with Crippen molar-refractivity contribution >= 4 is 172 Å². The number of nitrogens with zero attached hydrogens (tertiary/aromatic N) is 6. The van der Waals surface area contributed by atoms with Crippen LogP contribution in [0.3, 0.4) is 0 Å². The molecule has 1 unspecified atom stereocenters. The Morgan fingerprint density at radius 2 is 1.53 bits per heavy atom. The summed E-state index contributed by atoms with van der Waals surface area (Å²) in [5.74, 6) is -1.32. The van der Waals surface area contributed by atoms with E-state index >= 15 is 0 Å². The van der Waals surface area contributed by atoms with Crippen LogP contribution in [0.4, 0.5) is 28.6 Å². The van der Waals surface area contributed by atoms with Gasteiger partial charge in [-0.1, -0.05) is 59.1 Å². The van der Waals surface area contributed by atoms with Crippen LogP contribution in [0.15, 0.2) is 110 Å². The first kappa shape index (κ1) is 46.6. The molecule has 2 radical (unpaired) electrons. The number of hydrogen-bond donors (Lipinski definition) is 4. The molecule has 0 spiro atoms. The van der Waals surface area contributed by atoms with Gasteiger partial charge in [0, 0.05) is 70.4 Å². The van der Waals surface area contributed by atoms with Gasteiger partial charge in [0.15, 0.2) is 17.0 Å². The summed E-state index contributed by atoms with van der Waals surface area (Å²) in [5, 5.41) is 18.4. The van der Waals surface area contributed by atoms with Crippen LogP contribution in [-0.4, -0.2) is 119 Å². The zero-order chi connectivity index (χ0) is 39.8. The van der Waals surface area contributed by atoms with Crippen LogP contribution in [0.1, 0.15) is 17.3 Å². The van der Waals surface area contributed by atoms with Crippen LogP contribution >= 0.6 is 46.4 Å². The molecule has 16 nitrogen and oxygen atoms in total. The molecule has 4 N–H and O–H groups in total. The van der Waals surface area contributed by atoms with Crippen LogP contribution in [-0.2, 0) is 25.0 Å². The second-order valence-electron chi connectivity index (χ2n) is 11.4. The molecule has 0 saturated carbocycles. The van der Waals surface area contributed by atoms with Gasteiger partial charge in [0.25, 0.3) is 32.1 Å². The number of rotatable bonds is 10. The molecule has 1 aromatic heterocycles. The zero-order valence-corrected chi connectivity index (χ0v) is 38.2. The maximum atomic E-state index is 13.3. The largest absolute Gasteiger partial charge is 0.339 e. The van der Waals surface area contributed by atoms with E-state index in [4.69, 9.17) is 46.4 Å². The number of hydrazone groups is 1. The van der Waals surface area contributed by atoms with Gasteiger partial charge in [-0.3, -0.25) is 18.7 Å². The predicted molar refractivity (Wildman–Crippen MR) is 218 cm³/mol. The van der Waals surface area contributed by atoms with Gasteiger partial charge in [-0.05, 0) is 90.3 Å². The molecule has 57 heavy (non-hydrogen) atoms. The van der Waals surface area contributed by atoms with E-state index in [9.17, 15) is 35.5 Å². The third-order valence-corrected chi connectivity index (χ3v) is 10.7. The quantitative estimate of drug-likeness (QED) is 0.0355. The predicted octanol–water partition coefficient (Wildman–Crippen LogP) is 7.36. The van der Waals surface area contributed by atoms with E-state index in [-0.39, 0.29) is 114 Å². The Balaban J connectivity index is 0.00000360. The van der Waals surface area contributed by atoms with E-state index in [0.29, 0.717) is 16.8 Å². The van der Waals surface area contributed by atoms with E-state index in [1.165, 1.54) is 55.5 Å². The number of azo groups is 1. The van der Waals surface area contributed by atoms with Gasteiger partial charge < -0.3 is 10.6 Å². The number of benzene rings is 4. The number of amides is 2. The monoisotopic (exact) mass is 908 g/mol. The molecular formula is C33H22Cl4N8Na2O8S2. The smallest absolute Gasteiger partial charge is 0.296 e. The first-order valence-corrected chi connectivity index (χ1v) is 19.6. The third kappa shape index (κ3) is 11.0. The summed E-state index contributed by atoms with van der Waals surface area (Å²) in [7, 11) is -9.45. The van der Waals surface area contributed by atoms with E-state index in [1.807, 2.05) is 0 Å². The second-order valence-corrected chi connectivity index (χ2v) is 15.7. The van der Waals surface area contributed by atoms with Crippen LogP contribution in [0, 0.1) is 0 Å². The van der Waals surface area contributed by atoms with Crippen molar-refractivity contribution in [2.24, 2.45) is 15.3 Å². The van der Waals surface area contributed by atoms with Crippen LogP contribution in [0.2, 0.25) is 20.5 Å². The Morgan fingerprint density at radius 1 is 0.842 bits per heavy atom. The fourth-order valence-electron chi connectivity index (χ4n) is 5.08. The molecule has 2 amide bonds. The summed E-state index contributed by atoms with van der Waals surface area (Å²) in [5.41, 5.74) is 1.49. The summed E-state index contributed by atoms with van der Waals surface area (Å²) in [4.78, 5) is 33.2. The zero-order valence-electron chi connectivity index (χ0n) is 29.5. The first-order chi connectivity index (χ1) is 25.9. The van der Waals surface area contributed by atoms with Crippen LogP contribution < -0.4 is 15.6 Å². The van der Waals surface area contributed by atoms with Gasteiger partial charge in [0.05, 0.1) is 32.7 Å². The molecule has 0 saturated heterocycles. The molecule has 0 bridgehead atoms. The molecule has 5 aromatic rings. The topological polar surface area (TPSA) is 233 Å². The summed E-state index contributed by atoms with van der Waals surface area (Å²) >= 11 is 24.2. The number of carbonyl (C=O) groups is 2. The Kier molecular flexibility index (Phi) is 15.5. The minimum atomic E-state index is -4.84. The second kappa shape index (κ2) is 18.9. The fraction of sp³-hybridized carbons (Fsp3) is 0.0606. The molecule has 0 fully saturated rings. The molecule has 284 valence electrons. The van der Waals surface area contributed by atoms with Crippen molar-refractivity contribution in [3.63, 3.8) is 0 Å². The van der Waals surface area contributed by atoms with Gasteiger partial charge in [0.1, 0.15) is 9.92 Å². The van der Waals surface area contributed by atoms with Crippen LogP contribution in [0.5, 0.6) is 0 Å². The fourth-order valence-corrected chi connectivity index (χ4v) is 6.97. The third-order valence-electron chi connectivity index (χ3n) is 7.71. The molecule has 0 aliphatic carbocycles. The number of hydrogen-bond acceptors (Lipinski definition) is 12. The van der Waals surface area contributed by atoms with E-state index < -0.39 is 47.9 Å². The average Bonchev–Trinajstić information content (AvgIpc) is 3.41. The van der Waals surface area contributed by atoms with Crippen molar-refractivity contribution in [3.8, 4) is 11.1 Å². The maximum absolute atomic E-state index is 13.3. The number of halogens is 4. The van der Waals surface area contributed by atoms with Gasteiger partial charge in [-0.15, -0.1) is 0 Å². The molecule has 1 aliphatic rings. The molecule has 4 aromatic carbocycles. The molecule has 2 heterocycles. The number of aromatic nitrogens is 2. The SMILES string of the molecule is CC1=NN(c2cc(S(=O)(=O)O)ccc2Cl)C(=O)C1N=Nc1cccc(C(=O)Nc2ccc(-c3ccc(Nc4nc(Cl)nc(Cl)c4Cl)cc3)cc2S(=O)(=O)O)c1.[Na].[Na]. The Labute approximate surface area is 389 Å².